The highest BCUT2D eigenvalue weighted by Gasteiger charge is 2.08. The van der Waals surface area contributed by atoms with Crippen molar-refractivity contribution in [3.05, 3.63) is 54.6 Å². The van der Waals surface area contributed by atoms with Crippen molar-refractivity contribution in [1.82, 2.24) is 0 Å². The summed E-state index contributed by atoms with van der Waals surface area (Å²) in [5, 5.41) is 7.54. The van der Waals surface area contributed by atoms with Crippen molar-refractivity contribution in [2.24, 2.45) is 0 Å². The molecule has 0 amide bonds. The molecule has 0 saturated carbocycles. The second-order valence-corrected chi connectivity index (χ2v) is 3.68. The third kappa shape index (κ3) is 2.88. The summed E-state index contributed by atoms with van der Waals surface area (Å²) in [5.74, 6) is 0.627. The van der Waals surface area contributed by atoms with E-state index in [4.69, 9.17) is 14.9 Å². The molecule has 0 aliphatic rings. The molecule has 0 bridgehead atoms. The highest BCUT2D eigenvalue weighted by Crippen LogP contribution is 2.29. The molecule has 92 valence electrons. The Labute approximate surface area is 106 Å². The monoisotopic (exact) mass is 241 g/mol. The first-order valence-electron chi connectivity index (χ1n) is 5.85. The Balaban J connectivity index is 2.29. The molecule has 2 rings (SSSR count). The van der Waals surface area contributed by atoms with Crippen LogP contribution in [0.3, 0.4) is 0 Å². The summed E-state index contributed by atoms with van der Waals surface area (Å²) in [4.78, 5) is 0. The van der Waals surface area contributed by atoms with E-state index in [1.165, 1.54) is 0 Å². The van der Waals surface area contributed by atoms with Crippen molar-refractivity contribution in [3.8, 4) is 16.9 Å². The predicted molar refractivity (Wildman–Crippen MR) is 71.9 cm³/mol. The van der Waals surface area contributed by atoms with Crippen LogP contribution < -0.4 is 4.74 Å². The van der Waals surface area contributed by atoms with Gasteiger partial charge in [-0.3, -0.25) is 0 Å². The van der Waals surface area contributed by atoms with Gasteiger partial charge in [0.1, 0.15) is 5.75 Å². The molecule has 3 nitrogen and oxygen atoms in total. The molecule has 0 aromatic heterocycles. The maximum atomic E-state index is 7.54. The van der Waals surface area contributed by atoms with Crippen LogP contribution in [-0.2, 0) is 4.74 Å². The van der Waals surface area contributed by atoms with E-state index in [1.807, 2.05) is 61.5 Å². The first-order chi connectivity index (χ1) is 8.81. The van der Waals surface area contributed by atoms with Gasteiger partial charge in [-0.1, -0.05) is 48.5 Å². The molecule has 2 aromatic rings. The van der Waals surface area contributed by atoms with E-state index < -0.39 is 0 Å². The van der Waals surface area contributed by atoms with Crippen LogP contribution in [0, 0.1) is 5.41 Å². The summed E-state index contributed by atoms with van der Waals surface area (Å²) >= 11 is 0. The second-order valence-electron chi connectivity index (χ2n) is 3.68. The second kappa shape index (κ2) is 5.87. The average molecular weight is 241 g/mol. The molecule has 0 aliphatic heterocycles. The summed E-state index contributed by atoms with van der Waals surface area (Å²) < 4.78 is 10.4. The first-order valence-corrected chi connectivity index (χ1v) is 5.85. The van der Waals surface area contributed by atoms with Crippen molar-refractivity contribution < 1.29 is 9.47 Å². The summed E-state index contributed by atoms with van der Waals surface area (Å²) in [6.45, 7) is 2.24. The van der Waals surface area contributed by atoms with Gasteiger partial charge in [0.25, 0.3) is 0 Å². The Morgan fingerprint density at radius 1 is 1.00 bits per heavy atom. The quantitative estimate of drug-likeness (QED) is 0.657. The SMILES string of the molecule is CCOC(=N)Oc1ccccc1-c1ccccc1. The lowest BCUT2D eigenvalue weighted by Crippen LogP contribution is -2.11. The maximum absolute atomic E-state index is 7.54. The van der Waals surface area contributed by atoms with Gasteiger partial charge in [0.2, 0.25) is 0 Å². The minimum absolute atomic E-state index is 0.180. The zero-order valence-electron chi connectivity index (χ0n) is 10.2. The number of para-hydroxylation sites is 1. The van der Waals surface area contributed by atoms with Gasteiger partial charge in [0.05, 0.1) is 6.61 Å². The first kappa shape index (κ1) is 12.2. The van der Waals surface area contributed by atoms with Gasteiger partial charge >= 0.3 is 6.08 Å². The van der Waals surface area contributed by atoms with E-state index in [0.717, 1.165) is 11.1 Å². The van der Waals surface area contributed by atoms with Crippen LogP contribution in [-0.4, -0.2) is 12.7 Å². The largest absolute Gasteiger partial charge is 0.451 e. The van der Waals surface area contributed by atoms with E-state index in [1.54, 1.807) is 0 Å². The normalized spacial score (nSPS) is 9.83. The minimum Gasteiger partial charge on any atom is -0.451 e. The smallest absolute Gasteiger partial charge is 0.386 e. The van der Waals surface area contributed by atoms with Crippen LogP contribution >= 0.6 is 0 Å². The summed E-state index contributed by atoms with van der Waals surface area (Å²) in [7, 11) is 0. The number of rotatable bonds is 3. The van der Waals surface area contributed by atoms with Crippen molar-refractivity contribution in [3.63, 3.8) is 0 Å². The molecule has 0 heterocycles. The van der Waals surface area contributed by atoms with E-state index in [9.17, 15) is 0 Å². The summed E-state index contributed by atoms with van der Waals surface area (Å²) in [6.07, 6.45) is -0.180. The van der Waals surface area contributed by atoms with Gasteiger partial charge in [0.15, 0.2) is 0 Å². The van der Waals surface area contributed by atoms with E-state index in [-0.39, 0.29) is 6.08 Å². The van der Waals surface area contributed by atoms with E-state index in [0.29, 0.717) is 12.4 Å². The molecular formula is C15H15NO2. The molecule has 18 heavy (non-hydrogen) atoms. The van der Waals surface area contributed by atoms with E-state index >= 15 is 0 Å². The topological polar surface area (TPSA) is 42.3 Å². The standard InChI is InChI=1S/C15H15NO2/c1-2-17-15(16)18-14-11-7-6-10-13(14)12-8-4-3-5-9-12/h3-11,16H,2H2,1H3. The highest BCUT2D eigenvalue weighted by molar-refractivity contribution is 5.75. The molecule has 0 fully saturated rings. The summed E-state index contributed by atoms with van der Waals surface area (Å²) in [5.41, 5.74) is 2.00. The lowest BCUT2D eigenvalue weighted by atomic mass is 10.1. The third-order valence-corrected chi connectivity index (χ3v) is 2.45. The molecule has 0 aliphatic carbocycles. The van der Waals surface area contributed by atoms with Gasteiger partial charge in [-0.2, -0.15) is 0 Å². The van der Waals surface area contributed by atoms with Gasteiger partial charge in [-0.25, -0.2) is 5.41 Å². The van der Waals surface area contributed by atoms with Crippen molar-refractivity contribution in [2.45, 2.75) is 6.92 Å². The molecule has 3 heteroatoms. The lowest BCUT2D eigenvalue weighted by Gasteiger charge is -2.11. The Hall–Kier alpha value is -2.29. The summed E-state index contributed by atoms with van der Waals surface area (Å²) in [6, 6.07) is 17.5. The van der Waals surface area contributed by atoms with Crippen molar-refractivity contribution in [2.75, 3.05) is 6.61 Å². The number of benzene rings is 2. The molecule has 2 aromatic carbocycles. The van der Waals surface area contributed by atoms with Gasteiger partial charge in [-0.15, -0.1) is 0 Å². The Morgan fingerprint density at radius 2 is 1.67 bits per heavy atom. The van der Waals surface area contributed by atoms with E-state index in [2.05, 4.69) is 0 Å². The van der Waals surface area contributed by atoms with Gasteiger partial charge in [0, 0.05) is 5.56 Å². The molecule has 0 atom stereocenters. The van der Waals surface area contributed by atoms with Crippen LogP contribution in [0.5, 0.6) is 5.75 Å². The number of hydrogen-bond acceptors (Lipinski definition) is 3. The Bertz CT molecular complexity index is 523. The zero-order valence-corrected chi connectivity index (χ0v) is 10.2. The number of hydrogen-bond donors (Lipinski definition) is 1. The highest BCUT2D eigenvalue weighted by atomic mass is 16.7. The van der Waals surface area contributed by atoms with Crippen LogP contribution in [0.25, 0.3) is 11.1 Å². The van der Waals surface area contributed by atoms with Gasteiger partial charge < -0.3 is 9.47 Å². The molecule has 0 radical (unpaired) electrons. The predicted octanol–water partition coefficient (Wildman–Crippen LogP) is 3.70. The fourth-order valence-electron chi connectivity index (χ4n) is 1.67. The van der Waals surface area contributed by atoms with Crippen LogP contribution in [0.15, 0.2) is 54.6 Å². The van der Waals surface area contributed by atoms with Crippen molar-refractivity contribution >= 4 is 6.08 Å². The van der Waals surface area contributed by atoms with Crippen LogP contribution in [0.2, 0.25) is 0 Å². The fourth-order valence-corrected chi connectivity index (χ4v) is 1.67. The molecule has 0 spiro atoms. The number of nitrogens with one attached hydrogen (secondary N) is 1. The Morgan fingerprint density at radius 3 is 2.39 bits per heavy atom. The Kier molecular flexibility index (Phi) is 3.97. The molecule has 0 unspecified atom stereocenters. The average Bonchev–Trinajstić information content (AvgIpc) is 2.40. The molecule has 0 saturated heterocycles. The zero-order chi connectivity index (χ0) is 12.8. The molecular weight excluding hydrogens is 226 g/mol. The van der Waals surface area contributed by atoms with Gasteiger partial charge in [-0.05, 0) is 18.6 Å². The lowest BCUT2D eigenvalue weighted by molar-refractivity contribution is 0.247. The molecule has 1 N–H and O–H groups in total. The number of ether oxygens (including phenoxy) is 2. The van der Waals surface area contributed by atoms with Crippen LogP contribution in [0.1, 0.15) is 6.92 Å². The van der Waals surface area contributed by atoms with Crippen molar-refractivity contribution in [1.29, 1.82) is 5.41 Å². The maximum Gasteiger partial charge on any atom is 0.386 e. The fraction of sp³-hybridized carbons (Fsp3) is 0.133. The minimum atomic E-state index is -0.180. The van der Waals surface area contributed by atoms with Crippen LogP contribution in [0.4, 0.5) is 0 Å². The third-order valence-electron chi connectivity index (χ3n) is 2.45.